The van der Waals surface area contributed by atoms with Gasteiger partial charge in [0.15, 0.2) is 5.82 Å². The molecule has 0 amide bonds. The summed E-state index contributed by atoms with van der Waals surface area (Å²) in [6.45, 7) is 7.20. The maximum atomic E-state index is 5.56. The van der Waals surface area contributed by atoms with E-state index in [1.54, 1.807) is 7.11 Å². The third-order valence-corrected chi connectivity index (χ3v) is 3.51. The number of hydrogen-bond acceptors (Lipinski definition) is 4. The standard InChI is InChI=1S/C14H23N3O/c1-5-8-15-13-9(2)10(3)16-14(17-13)12(18-4)11-6-7-11/h11-12H,5-8H2,1-4H3,(H,15,16,17). The van der Waals surface area contributed by atoms with Crippen molar-refractivity contribution in [2.24, 2.45) is 5.92 Å². The number of nitrogens with zero attached hydrogens (tertiary/aromatic N) is 2. The molecule has 4 nitrogen and oxygen atoms in total. The molecule has 1 heterocycles. The van der Waals surface area contributed by atoms with E-state index in [0.717, 1.165) is 35.9 Å². The van der Waals surface area contributed by atoms with Gasteiger partial charge in [0.1, 0.15) is 11.9 Å². The summed E-state index contributed by atoms with van der Waals surface area (Å²) in [5.74, 6) is 2.40. The van der Waals surface area contributed by atoms with Crippen molar-refractivity contribution in [1.82, 2.24) is 9.97 Å². The normalized spacial score (nSPS) is 16.7. The minimum atomic E-state index is 0.0616. The average molecular weight is 249 g/mol. The lowest BCUT2D eigenvalue weighted by Crippen LogP contribution is -2.14. The molecule has 100 valence electrons. The first kappa shape index (κ1) is 13.3. The van der Waals surface area contributed by atoms with Crippen LogP contribution in [0, 0.1) is 19.8 Å². The van der Waals surface area contributed by atoms with Gasteiger partial charge in [-0.05, 0) is 39.0 Å². The van der Waals surface area contributed by atoms with E-state index in [-0.39, 0.29) is 6.10 Å². The number of hydrogen-bond donors (Lipinski definition) is 1. The van der Waals surface area contributed by atoms with E-state index in [2.05, 4.69) is 29.1 Å². The van der Waals surface area contributed by atoms with Crippen molar-refractivity contribution in [3.63, 3.8) is 0 Å². The van der Waals surface area contributed by atoms with Crippen LogP contribution in [0.25, 0.3) is 0 Å². The summed E-state index contributed by atoms with van der Waals surface area (Å²) >= 11 is 0. The largest absolute Gasteiger partial charge is 0.373 e. The topological polar surface area (TPSA) is 47.0 Å². The van der Waals surface area contributed by atoms with Gasteiger partial charge in [-0.3, -0.25) is 0 Å². The summed E-state index contributed by atoms with van der Waals surface area (Å²) in [6, 6.07) is 0. The molecule has 1 saturated carbocycles. The minimum Gasteiger partial charge on any atom is -0.373 e. The summed E-state index contributed by atoms with van der Waals surface area (Å²) in [7, 11) is 1.75. The molecule has 2 rings (SSSR count). The van der Waals surface area contributed by atoms with Gasteiger partial charge in [0.2, 0.25) is 0 Å². The molecule has 0 spiro atoms. The van der Waals surface area contributed by atoms with Crippen molar-refractivity contribution in [2.75, 3.05) is 19.0 Å². The molecule has 18 heavy (non-hydrogen) atoms. The maximum Gasteiger partial charge on any atom is 0.160 e. The average Bonchev–Trinajstić information content (AvgIpc) is 3.17. The van der Waals surface area contributed by atoms with Gasteiger partial charge in [-0.25, -0.2) is 9.97 Å². The Hall–Kier alpha value is -1.16. The van der Waals surface area contributed by atoms with Crippen LogP contribution in [0.2, 0.25) is 0 Å². The maximum absolute atomic E-state index is 5.56. The molecule has 1 unspecified atom stereocenters. The molecule has 1 atom stereocenters. The van der Waals surface area contributed by atoms with Gasteiger partial charge < -0.3 is 10.1 Å². The Morgan fingerprint density at radius 1 is 1.33 bits per heavy atom. The first-order valence-corrected chi connectivity index (χ1v) is 6.79. The summed E-state index contributed by atoms with van der Waals surface area (Å²) in [6.07, 6.45) is 3.61. The number of aryl methyl sites for hydroxylation is 1. The summed E-state index contributed by atoms with van der Waals surface area (Å²) < 4.78 is 5.56. The zero-order valence-corrected chi connectivity index (χ0v) is 11.8. The minimum absolute atomic E-state index is 0.0616. The molecule has 1 N–H and O–H groups in total. The van der Waals surface area contributed by atoms with Crippen molar-refractivity contribution in [2.45, 2.75) is 46.1 Å². The third-order valence-electron chi connectivity index (χ3n) is 3.51. The molecule has 1 aliphatic rings. The monoisotopic (exact) mass is 249 g/mol. The van der Waals surface area contributed by atoms with E-state index in [1.807, 2.05) is 6.92 Å². The Balaban J connectivity index is 2.27. The van der Waals surface area contributed by atoms with Crippen LogP contribution in [0.4, 0.5) is 5.82 Å². The fourth-order valence-corrected chi connectivity index (χ4v) is 2.10. The van der Waals surface area contributed by atoms with Crippen LogP contribution in [0.3, 0.4) is 0 Å². The zero-order valence-electron chi connectivity index (χ0n) is 11.8. The van der Waals surface area contributed by atoms with Gasteiger partial charge in [-0.2, -0.15) is 0 Å². The van der Waals surface area contributed by atoms with Crippen LogP contribution in [-0.4, -0.2) is 23.6 Å². The molecular weight excluding hydrogens is 226 g/mol. The van der Waals surface area contributed by atoms with E-state index >= 15 is 0 Å². The molecule has 0 aromatic carbocycles. The number of rotatable bonds is 6. The molecule has 4 heteroatoms. The Labute approximate surface area is 109 Å². The van der Waals surface area contributed by atoms with E-state index in [0.29, 0.717) is 5.92 Å². The SMILES string of the molecule is CCCNc1nc(C(OC)C2CC2)nc(C)c1C. The van der Waals surface area contributed by atoms with Crippen LogP contribution in [0.15, 0.2) is 0 Å². The predicted molar refractivity (Wildman–Crippen MR) is 72.8 cm³/mol. The van der Waals surface area contributed by atoms with Gasteiger partial charge >= 0.3 is 0 Å². The molecule has 0 saturated heterocycles. The van der Waals surface area contributed by atoms with Gasteiger partial charge in [0.25, 0.3) is 0 Å². The summed E-state index contributed by atoms with van der Waals surface area (Å²) in [4.78, 5) is 9.25. The molecule has 0 bridgehead atoms. The highest BCUT2D eigenvalue weighted by molar-refractivity contribution is 5.45. The molecule has 1 fully saturated rings. The fourth-order valence-electron chi connectivity index (χ4n) is 2.10. The van der Waals surface area contributed by atoms with Crippen molar-refractivity contribution in [3.05, 3.63) is 17.1 Å². The second kappa shape index (κ2) is 5.65. The van der Waals surface area contributed by atoms with Gasteiger partial charge in [-0.1, -0.05) is 6.92 Å². The van der Waals surface area contributed by atoms with Crippen molar-refractivity contribution < 1.29 is 4.74 Å². The van der Waals surface area contributed by atoms with Crippen LogP contribution in [-0.2, 0) is 4.74 Å². The van der Waals surface area contributed by atoms with E-state index < -0.39 is 0 Å². The Bertz CT molecular complexity index is 416. The van der Waals surface area contributed by atoms with E-state index in [4.69, 9.17) is 4.74 Å². The third kappa shape index (κ3) is 2.80. The molecule has 0 radical (unpaired) electrons. The van der Waals surface area contributed by atoms with Crippen molar-refractivity contribution >= 4 is 5.82 Å². The number of nitrogens with one attached hydrogen (secondary N) is 1. The second-order valence-electron chi connectivity index (χ2n) is 5.06. The summed E-state index contributed by atoms with van der Waals surface area (Å²) in [5, 5.41) is 3.38. The molecule has 1 aromatic rings. The zero-order chi connectivity index (χ0) is 13.1. The highest BCUT2D eigenvalue weighted by atomic mass is 16.5. The first-order valence-electron chi connectivity index (χ1n) is 6.79. The van der Waals surface area contributed by atoms with Crippen molar-refractivity contribution in [1.29, 1.82) is 0 Å². The number of methoxy groups -OCH3 is 1. The summed E-state index contributed by atoms with van der Waals surface area (Å²) in [5.41, 5.74) is 2.18. The van der Waals surface area contributed by atoms with Gasteiger partial charge in [-0.15, -0.1) is 0 Å². The molecule has 0 aliphatic heterocycles. The Kier molecular flexibility index (Phi) is 4.17. The van der Waals surface area contributed by atoms with E-state index in [1.165, 1.54) is 12.8 Å². The lowest BCUT2D eigenvalue weighted by molar-refractivity contribution is 0.0771. The first-order chi connectivity index (χ1) is 8.67. The highest BCUT2D eigenvalue weighted by Crippen LogP contribution is 2.42. The number of ether oxygens (including phenoxy) is 1. The van der Waals surface area contributed by atoms with E-state index in [9.17, 15) is 0 Å². The molecule has 1 aliphatic carbocycles. The van der Waals surface area contributed by atoms with Crippen LogP contribution in [0.5, 0.6) is 0 Å². The highest BCUT2D eigenvalue weighted by Gasteiger charge is 2.34. The van der Waals surface area contributed by atoms with Crippen molar-refractivity contribution in [3.8, 4) is 0 Å². The van der Waals surface area contributed by atoms with Crippen LogP contribution >= 0.6 is 0 Å². The van der Waals surface area contributed by atoms with Crippen LogP contribution in [0.1, 0.15) is 49.4 Å². The lowest BCUT2D eigenvalue weighted by Gasteiger charge is -2.17. The number of anilines is 1. The smallest absolute Gasteiger partial charge is 0.160 e. The lowest BCUT2D eigenvalue weighted by atomic mass is 10.2. The van der Waals surface area contributed by atoms with Crippen LogP contribution < -0.4 is 5.32 Å². The molecular formula is C14H23N3O. The Morgan fingerprint density at radius 3 is 2.61 bits per heavy atom. The van der Waals surface area contributed by atoms with Gasteiger partial charge in [0, 0.05) is 24.9 Å². The quantitative estimate of drug-likeness (QED) is 0.842. The molecule has 1 aromatic heterocycles. The second-order valence-corrected chi connectivity index (χ2v) is 5.06. The van der Waals surface area contributed by atoms with Gasteiger partial charge in [0.05, 0.1) is 0 Å². The Morgan fingerprint density at radius 2 is 2.06 bits per heavy atom. The number of aromatic nitrogens is 2. The fraction of sp³-hybridized carbons (Fsp3) is 0.714. The predicted octanol–water partition coefficient (Wildman–Crippen LogP) is 3.01.